The van der Waals surface area contributed by atoms with Gasteiger partial charge in [0.05, 0.1) is 24.1 Å². The van der Waals surface area contributed by atoms with Crippen molar-refractivity contribution in [2.24, 2.45) is 5.10 Å². The highest BCUT2D eigenvalue weighted by molar-refractivity contribution is 8.00. The zero-order chi connectivity index (χ0) is 26.6. The summed E-state index contributed by atoms with van der Waals surface area (Å²) < 4.78 is 11.9. The zero-order valence-corrected chi connectivity index (χ0v) is 21.8. The van der Waals surface area contributed by atoms with E-state index in [0.29, 0.717) is 29.5 Å². The van der Waals surface area contributed by atoms with Crippen molar-refractivity contribution < 1.29 is 24.2 Å². The Hall–Kier alpha value is -3.75. The molecule has 0 fully saturated rings. The van der Waals surface area contributed by atoms with Gasteiger partial charge in [0.15, 0.2) is 11.5 Å². The normalized spacial score (nSPS) is 10.8. The van der Waals surface area contributed by atoms with Gasteiger partial charge >= 0.3 is 5.97 Å². The highest BCUT2D eigenvalue weighted by atomic mass is 35.5. The van der Waals surface area contributed by atoms with E-state index in [1.54, 1.807) is 42.6 Å². The number of aromatic carboxylic acids is 1. The summed E-state index contributed by atoms with van der Waals surface area (Å²) in [6.45, 7) is 6.37. The van der Waals surface area contributed by atoms with Gasteiger partial charge in [-0.05, 0) is 73.0 Å². The maximum atomic E-state index is 12.2. The Labute approximate surface area is 225 Å². The quantitative estimate of drug-likeness (QED) is 0.120. The van der Waals surface area contributed by atoms with Crippen molar-refractivity contribution in [1.82, 2.24) is 5.43 Å². The first kappa shape index (κ1) is 27.8. The molecule has 7 nitrogen and oxygen atoms in total. The third kappa shape index (κ3) is 8.70. The largest absolute Gasteiger partial charge is 0.490 e. The lowest BCUT2D eigenvalue weighted by atomic mass is 10.1. The maximum Gasteiger partial charge on any atom is 0.335 e. The number of rotatable bonds is 13. The first-order chi connectivity index (χ1) is 17.9. The minimum atomic E-state index is -0.979. The number of benzene rings is 3. The number of nitrogens with one attached hydrogen (secondary N) is 1. The predicted octanol–water partition coefficient (Wildman–Crippen LogP) is 5.99. The van der Waals surface area contributed by atoms with Gasteiger partial charge in [-0.25, -0.2) is 10.2 Å². The molecule has 0 saturated heterocycles. The number of nitrogens with zero attached hydrogens (tertiary/aromatic N) is 1. The van der Waals surface area contributed by atoms with Crippen LogP contribution < -0.4 is 14.9 Å². The monoisotopic (exact) mass is 538 g/mol. The molecule has 0 saturated carbocycles. The molecule has 0 spiro atoms. The second-order valence-electron chi connectivity index (χ2n) is 7.76. The summed E-state index contributed by atoms with van der Waals surface area (Å²) in [5, 5.41) is 13.8. The zero-order valence-electron chi connectivity index (χ0n) is 20.3. The summed E-state index contributed by atoms with van der Waals surface area (Å²) >= 11 is 7.27. The number of hydrogen-bond donors (Lipinski definition) is 2. The van der Waals surface area contributed by atoms with Crippen LogP contribution in [0.25, 0.3) is 0 Å². The molecular formula is C28H27ClN2O5S. The summed E-state index contributed by atoms with van der Waals surface area (Å²) in [7, 11) is 0. The Kier molecular flexibility index (Phi) is 10.6. The molecule has 0 bridgehead atoms. The summed E-state index contributed by atoms with van der Waals surface area (Å²) in [6.07, 6.45) is 3.84. The van der Waals surface area contributed by atoms with E-state index in [9.17, 15) is 9.59 Å². The average molecular weight is 539 g/mol. The van der Waals surface area contributed by atoms with Crippen LogP contribution in [0, 0.1) is 0 Å². The lowest BCUT2D eigenvalue weighted by molar-refractivity contribution is -0.118. The molecule has 3 rings (SSSR count). The van der Waals surface area contributed by atoms with Gasteiger partial charge in [-0.15, -0.1) is 18.3 Å². The second-order valence-corrected chi connectivity index (χ2v) is 9.24. The van der Waals surface area contributed by atoms with Gasteiger partial charge in [0, 0.05) is 15.5 Å². The maximum absolute atomic E-state index is 12.2. The van der Waals surface area contributed by atoms with Crippen LogP contribution >= 0.6 is 23.4 Å². The molecule has 0 heterocycles. The molecule has 0 aliphatic carbocycles. The van der Waals surface area contributed by atoms with Gasteiger partial charge in [0.2, 0.25) is 5.91 Å². The van der Waals surface area contributed by atoms with Crippen LogP contribution in [0.4, 0.5) is 0 Å². The van der Waals surface area contributed by atoms with Crippen LogP contribution in [-0.2, 0) is 17.8 Å². The van der Waals surface area contributed by atoms with Gasteiger partial charge in [-0.3, -0.25) is 4.79 Å². The Morgan fingerprint density at radius 1 is 1.11 bits per heavy atom. The minimum absolute atomic E-state index is 0.213. The standard InChI is InChI=1S/C28H27ClN2O5S/c1-3-5-22-14-20(16-30-31-26(32)18-37-24-12-10-23(29)11-13-24)15-25(35-4-2)27(22)36-17-19-6-8-21(9-7-19)28(33)34/h3,6-16H,1,4-5,17-18H2,2H3,(H,31,32)(H,33,34)/b30-16-. The number of carbonyl (C=O) groups excluding carboxylic acids is 1. The molecule has 0 atom stereocenters. The van der Waals surface area contributed by atoms with Crippen molar-refractivity contribution in [1.29, 1.82) is 0 Å². The van der Waals surface area contributed by atoms with E-state index in [2.05, 4.69) is 17.1 Å². The summed E-state index contributed by atoms with van der Waals surface area (Å²) in [6, 6.07) is 17.5. The third-order valence-corrected chi connectivity index (χ3v) is 6.25. The fraction of sp³-hybridized carbons (Fsp3) is 0.179. The lowest BCUT2D eigenvalue weighted by Gasteiger charge is -2.17. The van der Waals surface area contributed by atoms with Crippen LogP contribution in [0.1, 0.15) is 34.0 Å². The second kappa shape index (κ2) is 14.1. The molecule has 0 aliphatic heterocycles. The molecule has 1 amide bonds. The van der Waals surface area contributed by atoms with Crippen LogP contribution in [-0.4, -0.2) is 35.6 Å². The van der Waals surface area contributed by atoms with Gasteiger partial charge in [0.25, 0.3) is 0 Å². The van der Waals surface area contributed by atoms with Crippen molar-refractivity contribution in [3.63, 3.8) is 0 Å². The van der Waals surface area contributed by atoms with E-state index in [1.807, 2.05) is 25.1 Å². The number of carbonyl (C=O) groups is 2. The summed E-state index contributed by atoms with van der Waals surface area (Å²) in [4.78, 5) is 24.2. The first-order valence-corrected chi connectivity index (χ1v) is 12.8. The topological polar surface area (TPSA) is 97.2 Å². The molecule has 0 aliphatic rings. The van der Waals surface area contributed by atoms with Gasteiger partial charge in [0.1, 0.15) is 6.61 Å². The molecule has 37 heavy (non-hydrogen) atoms. The first-order valence-electron chi connectivity index (χ1n) is 11.5. The van der Waals surface area contributed by atoms with E-state index in [-0.39, 0.29) is 23.8 Å². The van der Waals surface area contributed by atoms with Crippen molar-refractivity contribution in [3.05, 3.63) is 101 Å². The van der Waals surface area contributed by atoms with Gasteiger partial charge in [-0.2, -0.15) is 5.10 Å². The number of hydrogen-bond acceptors (Lipinski definition) is 6. The number of ether oxygens (including phenoxy) is 2. The molecule has 3 aromatic carbocycles. The third-order valence-electron chi connectivity index (χ3n) is 4.99. The van der Waals surface area contributed by atoms with E-state index >= 15 is 0 Å². The number of thioether (sulfide) groups is 1. The Morgan fingerprint density at radius 3 is 2.49 bits per heavy atom. The minimum Gasteiger partial charge on any atom is -0.490 e. The fourth-order valence-electron chi connectivity index (χ4n) is 3.28. The number of carboxylic acids is 1. The number of halogens is 1. The van der Waals surface area contributed by atoms with Crippen LogP contribution in [0.3, 0.4) is 0 Å². The highest BCUT2D eigenvalue weighted by Gasteiger charge is 2.14. The van der Waals surface area contributed by atoms with E-state index in [0.717, 1.165) is 21.6 Å². The van der Waals surface area contributed by atoms with Gasteiger partial charge in [-0.1, -0.05) is 29.8 Å². The van der Waals surface area contributed by atoms with Crippen molar-refractivity contribution in [3.8, 4) is 11.5 Å². The lowest BCUT2D eigenvalue weighted by Crippen LogP contribution is -2.19. The SMILES string of the molecule is C=CCc1cc(/C=N\NC(=O)CSc2ccc(Cl)cc2)cc(OCC)c1OCc1ccc(C(=O)O)cc1. The predicted molar refractivity (Wildman–Crippen MR) is 147 cm³/mol. The molecular weight excluding hydrogens is 512 g/mol. The number of allylic oxidation sites excluding steroid dienone is 1. The van der Waals surface area contributed by atoms with E-state index in [4.69, 9.17) is 26.2 Å². The molecule has 3 aromatic rings. The molecule has 192 valence electrons. The van der Waals surface area contributed by atoms with Crippen molar-refractivity contribution in [2.45, 2.75) is 24.8 Å². The Morgan fingerprint density at radius 2 is 1.84 bits per heavy atom. The fourth-order valence-corrected chi connectivity index (χ4v) is 4.10. The van der Waals surface area contributed by atoms with E-state index < -0.39 is 5.97 Å². The van der Waals surface area contributed by atoms with E-state index in [1.165, 1.54) is 23.9 Å². The van der Waals surface area contributed by atoms with Crippen molar-refractivity contribution in [2.75, 3.05) is 12.4 Å². The summed E-state index contributed by atoms with van der Waals surface area (Å²) in [5.74, 6) is 0.111. The van der Waals surface area contributed by atoms with Crippen molar-refractivity contribution >= 4 is 41.5 Å². The van der Waals surface area contributed by atoms with Crippen LogP contribution in [0.5, 0.6) is 11.5 Å². The molecule has 0 radical (unpaired) electrons. The molecule has 2 N–H and O–H groups in total. The smallest absolute Gasteiger partial charge is 0.335 e. The van der Waals surface area contributed by atoms with Crippen LogP contribution in [0.2, 0.25) is 5.02 Å². The number of amides is 1. The molecule has 9 heteroatoms. The van der Waals surface area contributed by atoms with Gasteiger partial charge < -0.3 is 14.6 Å². The number of carboxylic acid groups (broad SMARTS) is 1. The molecule has 0 unspecified atom stereocenters. The number of hydrazone groups is 1. The Bertz CT molecular complexity index is 1260. The average Bonchev–Trinajstić information content (AvgIpc) is 2.88. The summed E-state index contributed by atoms with van der Waals surface area (Å²) in [5.41, 5.74) is 5.14. The molecule has 0 aromatic heterocycles. The highest BCUT2D eigenvalue weighted by Crippen LogP contribution is 2.34. The Balaban J connectivity index is 1.68. The van der Waals surface area contributed by atoms with Crippen LogP contribution in [0.15, 0.2) is 83.3 Å².